The first-order valence-electron chi connectivity index (χ1n) is 9.40. The third-order valence-corrected chi connectivity index (χ3v) is 6.51. The van der Waals surface area contributed by atoms with Crippen LogP contribution in [-0.2, 0) is 9.53 Å². The highest BCUT2D eigenvalue weighted by Crippen LogP contribution is 2.55. The molecule has 1 N–H and O–H groups in total. The summed E-state index contributed by atoms with van der Waals surface area (Å²) in [5, 5.41) is 9.59. The van der Waals surface area contributed by atoms with E-state index < -0.39 is 17.0 Å². The number of carbonyl (C=O) groups is 2. The number of fused-ring (bicyclic) bond motifs is 3. The Hall–Kier alpha value is -1.26. The van der Waals surface area contributed by atoms with Gasteiger partial charge in [0.1, 0.15) is 5.60 Å². The third-order valence-electron chi connectivity index (χ3n) is 6.51. The number of ether oxygens (including phenoxy) is 1. The molecule has 5 nitrogen and oxygen atoms in total. The zero-order valence-corrected chi connectivity index (χ0v) is 15.3. The lowest BCUT2D eigenvalue weighted by Gasteiger charge is -2.56. The number of carboxylic acids is 1. The average Bonchev–Trinajstić information content (AvgIpc) is 2.45. The lowest BCUT2D eigenvalue weighted by atomic mass is 9.56. The predicted molar refractivity (Wildman–Crippen MR) is 90.8 cm³/mol. The standard InChI is InChI=1S/C19H31NO4/c1-17(2,3)24-16(23)20(13-14-5-4-6-14)19-10-7-18(8-11-19,9-12-19)15(21)22/h14H,4-13H2,1-3H3,(H,21,22). The van der Waals surface area contributed by atoms with E-state index in [2.05, 4.69) is 0 Å². The van der Waals surface area contributed by atoms with Crippen molar-refractivity contribution < 1.29 is 19.4 Å². The van der Waals surface area contributed by atoms with E-state index in [1.54, 1.807) is 0 Å². The van der Waals surface area contributed by atoms with Crippen molar-refractivity contribution in [2.75, 3.05) is 6.54 Å². The number of hydrogen-bond acceptors (Lipinski definition) is 3. The van der Waals surface area contributed by atoms with Crippen LogP contribution in [0.1, 0.15) is 78.6 Å². The van der Waals surface area contributed by atoms with Gasteiger partial charge in [0.05, 0.1) is 5.41 Å². The molecule has 1 amide bonds. The van der Waals surface area contributed by atoms with Gasteiger partial charge in [-0.1, -0.05) is 6.42 Å². The molecule has 4 aliphatic carbocycles. The molecule has 0 aromatic rings. The Morgan fingerprint density at radius 3 is 2.00 bits per heavy atom. The minimum atomic E-state index is -0.654. The maximum absolute atomic E-state index is 12.9. The van der Waals surface area contributed by atoms with Crippen LogP contribution < -0.4 is 0 Å². The number of carboxylic acid groups (broad SMARTS) is 1. The fourth-order valence-corrected chi connectivity index (χ4v) is 4.60. The molecule has 4 rings (SSSR count). The zero-order valence-electron chi connectivity index (χ0n) is 15.3. The number of rotatable bonds is 4. The minimum absolute atomic E-state index is 0.185. The second-order valence-electron chi connectivity index (χ2n) is 9.20. The molecule has 0 heterocycles. The minimum Gasteiger partial charge on any atom is -0.481 e. The molecule has 24 heavy (non-hydrogen) atoms. The van der Waals surface area contributed by atoms with E-state index in [1.807, 2.05) is 25.7 Å². The first-order valence-corrected chi connectivity index (χ1v) is 9.40. The summed E-state index contributed by atoms with van der Waals surface area (Å²) in [5.74, 6) is -0.0708. The van der Waals surface area contributed by atoms with Gasteiger partial charge in [0.25, 0.3) is 0 Å². The van der Waals surface area contributed by atoms with E-state index in [0.29, 0.717) is 25.2 Å². The van der Waals surface area contributed by atoms with Crippen LogP contribution in [-0.4, -0.2) is 39.8 Å². The predicted octanol–water partition coefficient (Wildman–Crippen LogP) is 4.20. The molecular formula is C19H31NO4. The Morgan fingerprint density at radius 1 is 1.08 bits per heavy atom. The number of aliphatic carboxylic acids is 1. The zero-order chi connectivity index (χ0) is 17.6. The van der Waals surface area contributed by atoms with Crippen molar-refractivity contribution in [2.24, 2.45) is 11.3 Å². The summed E-state index contributed by atoms with van der Waals surface area (Å²) in [4.78, 5) is 26.6. The molecule has 0 atom stereocenters. The van der Waals surface area contributed by atoms with E-state index in [-0.39, 0.29) is 11.6 Å². The number of amides is 1. The van der Waals surface area contributed by atoms with Crippen molar-refractivity contribution in [3.05, 3.63) is 0 Å². The summed E-state index contributed by atoms with van der Waals surface area (Å²) in [5.41, 5.74) is -1.23. The molecule has 136 valence electrons. The van der Waals surface area contributed by atoms with E-state index in [0.717, 1.165) is 25.8 Å². The molecule has 5 heteroatoms. The molecule has 0 aliphatic heterocycles. The van der Waals surface area contributed by atoms with Crippen LogP contribution in [0.5, 0.6) is 0 Å². The molecule has 0 aromatic carbocycles. The quantitative estimate of drug-likeness (QED) is 0.835. The van der Waals surface area contributed by atoms with Crippen LogP contribution in [0.2, 0.25) is 0 Å². The van der Waals surface area contributed by atoms with Crippen molar-refractivity contribution in [1.29, 1.82) is 0 Å². The Bertz CT molecular complexity index is 493. The maximum Gasteiger partial charge on any atom is 0.410 e. The Kier molecular flexibility index (Phi) is 4.33. The lowest BCUT2D eigenvalue weighted by Crippen LogP contribution is -2.61. The second kappa shape index (κ2) is 5.92. The Morgan fingerprint density at radius 2 is 1.62 bits per heavy atom. The fraction of sp³-hybridized carbons (Fsp3) is 0.895. The molecule has 4 aliphatic rings. The van der Waals surface area contributed by atoms with Gasteiger partial charge in [0.2, 0.25) is 0 Å². The summed E-state index contributed by atoms with van der Waals surface area (Å²) < 4.78 is 5.71. The van der Waals surface area contributed by atoms with Gasteiger partial charge in [-0.05, 0) is 78.1 Å². The molecule has 0 unspecified atom stereocenters. The van der Waals surface area contributed by atoms with Gasteiger partial charge in [-0.25, -0.2) is 4.79 Å². The molecule has 0 saturated heterocycles. The number of carbonyl (C=O) groups excluding carboxylic acids is 1. The van der Waals surface area contributed by atoms with E-state index in [4.69, 9.17) is 4.74 Å². The molecule has 4 fully saturated rings. The first kappa shape index (κ1) is 17.6. The van der Waals surface area contributed by atoms with Crippen LogP contribution in [0.3, 0.4) is 0 Å². The van der Waals surface area contributed by atoms with Crippen LogP contribution >= 0.6 is 0 Å². The molecular weight excluding hydrogens is 306 g/mol. The van der Waals surface area contributed by atoms with Crippen molar-refractivity contribution >= 4 is 12.1 Å². The largest absolute Gasteiger partial charge is 0.481 e. The molecule has 0 radical (unpaired) electrons. The second-order valence-corrected chi connectivity index (χ2v) is 9.20. The Balaban J connectivity index is 1.78. The van der Waals surface area contributed by atoms with Crippen LogP contribution in [0, 0.1) is 11.3 Å². The van der Waals surface area contributed by atoms with Crippen LogP contribution in [0.15, 0.2) is 0 Å². The molecule has 2 bridgehead atoms. The van der Waals surface area contributed by atoms with Gasteiger partial charge in [0.15, 0.2) is 0 Å². The van der Waals surface area contributed by atoms with E-state index in [1.165, 1.54) is 19.3 Å². The monoisotopic (exact) mass is 337 g/mol. The highest BCUT2D eigenvalue weighted by atomic mass is 16.6. The topological polar surface area (TPSA) is 66.8 Å². The van der Waals surface area contributed by atoms with Gasteiger partial charge < -0.3 is 14.7 Å². The molecule has 0 aromatic heterocycles. The van der Waals surface area contributed by atoms with Crippen molar-refractivity contribution in [2.45, 2.75) is 89.7 Å². The van der Waals surface area contributed by atoms with E-state index in [9.17, 15) is 14.7 Å². The Labute approximate surface area is 144 Å². The van der Waals surface area contributed by atoms with Crippen molar-refractivity contribution in [1.82, 2.24) is 4.90 Å². The van der Waals surface area contributed by atoms with Gasteiger partial charge in [-0.2, -0.15) is 0 Å². The third kappa shape index (κ3) is 3.14. The first-order chi connectivity index (χ1) is 11.2. The summed E-state index contributed by atoms with van der Waals surface area (Å²) >= 11 is 0. The summed E-state index contributed by atoms with van der Waals surface area (Å²) in [6.45, 7) is 6.48. The highest BCUT2D eigenvalue weighted by Gasteiger charge is 2.56. The summed E-state index contributed by atoms with van der Waals surface area (Å²) in [6.07, 6.45) is 7.87. The van der Waals surface area contributed by atoms with Crippen molar-refractivity contribution in [3.63, 3.8) is 0 Å². The van der Waals surface area contributed by atoms with Gasteiger partial charge >= 0.3 is 12.1 Å². The van der Waals surface area contributed by atoms with Gasteiger partial charge in [-0.3, -0.25) is 4.79 Å². The molecule has 0 spiro atoms. The molecule has 4 saturated carbocycles. The van der Waals surface area contributed by atoms with Crippen molar-refractivity contribution in [3.8, 4) is 0 Å². The average molecular weight is 337 g/mol. The van der Waals surface area contributed by atoms with Crippen LogP contribution in [0.25, 0.3) is 0 Å². The number of nitrogens with zero attached hydrogens (tertiary/aromatic N) is 1. The van der Waals surface area contributed by atoms with Gasteiger partial charge in [-0.15, -0.1) is 0 Å². The summed E-state index contributed by atoms with van der Waals surface area (Å²) in [7, 11) is 0. The summed E-state index contributed by atoms with van der Waals surface area (Å²) in [6, 6.07) is 0. The normalized spacial score (nSPS) is 33.0. The lowest BCUT2D eigenvalue weighted by molar-refractivity contribution is -0.160. The fourth-order valence-electron chi connectivity index (χ4n) is 4.60. The smallest absolute Gasteiger partial charge is 0.410 e. The maximum atomic E-state index is 12.9. The number of hydrogen-bond donors (Lipinski definition) is 1. The SMILES string of the molecule is CC(C)(C)OC(=O)N(CC1CCC1)C12CCC(C(=O)O)(CC1)CC2. The van der Waals surface area contributed by atoms with E-state index >= 15 is 0 Å². The highest BCUT2D eigenvalue weighted by molar-refractivity contribution is 5.76. The van der Waals surface area contributed by atoms with Crippen LogP contribution in [0.4, 0.5) is 4.79 Å². The van der Waals surface area contributed by atoms with Gasteiger partial charge in [0, 0.05) is 12.1 Å².